The van der Waals surface area contributed by atoms with Crippen molar-refractivity contribution in [1.82, 2.24) is 14.5 Å². The second kappa shape index (κ2) is 8.69. The van der Waals surface area contributed by atoms with Crippen molar-refractivity contribution in [3.8, 4) is 0 Å². The average molecular weight is 413 g/mol. The number of benzene rings is 1. The molecule has 30 heavy (non-hydrogen) atoms. The molecule has 0 aliphatic rings. The first kappa shape index (κ1) is 21.5. The Hall–Kier alpha value is -3.16. The first-order valence-electron chi connectivity index (χ1n) is 10.1. The molecule has 2 heterocycles. The number of halogens is 1. The lowest BCUT2D eigenvalue weighted by molar-refractivity contribution is 0.505. The van der Waals surface area contributed by atoms with Gasteiger partial charge in [0.05, 0.1) is 5.52 Å². The summed E-state index contributed by atoms with van der Waals surface area (Å²) in [6, 6.07) is 6.41. The highest BCUT2D eigenvalue weighted by atomic mass is 19.1. The zero-order valence-corrected chi connectivity index (χ0v) is 17.8. The summed E-state index contributed by atoms with van der Waals surface area (Å²) in [4.78, 5) is 33.7. The fourth-order valence-corrected chi connectivity index (χ4v) is 3.66. The van der Waals surface area contributed by atoms with Crippen LogP contribution < -0.4 is 21.9 Å². The van der Waals surface area contributed by atoms with Crippen molar-refractivity contribution in [2.75, 3.05) is 17.2 Å². The number of fused-ring (bicyclic) bond motifs is 1. The smallest absolute Gasteiger partial charge is 0.330 e. The molecule has 0 saturated heterocycles. The van der Waals surface area contributed by atoms with E-state index >= 15 is 0 Å². The van der Waals surface area contributed by atoms with Crippen molar-refractivity contribution in [2.45, 2.75) is 40.8 Å². The van der Waals surface area contributed by atoms with E-state index in [1.54, 1.807) is 23.2 Å². The van der Waals surface area contributed by atoms with Gasteiger partial charge in [-0.05, 0) is 30.0 Å². The lowest BCUT2D eigenvalue weighted by Gasteiger charge is -2.28. The van der Waals surface area contributed by atoms with Crippen LogP contribution in [0.25, 0.3) is 10.9 Å². The number of anilines is 2. The minimum atomic E-state index is -0.549. The van der Waals surface area contributed by atoms with Crippen molar-refractivity contribution in [1.29, 1.82) is 0 Å². The number of H-pyrrole nitrogens is 1. The van der Waals surface area contributed by atoms with Gasteiger partial charge in [0.25, 0.3) is 5.56 Å². The van der Waals surface area contributed by atoms with Gasteiger partial charge >= 0.3 is 5.69 Å². The van der Waals surface area contributed by atoms with Crippen molar-refractivity contribution < 1.29 is 4.39 Å². The number of hydrogen-bond acceptors (Lipinski definition) is 5. The zero-order valence-electron chi connectivity index (χ0n) is 17.8. The fraction of sp³-hybridized carbons (Fsp3) is 0.409. The molecule has 0 spiro atoms. The van der Waals surface area contributed by atoms with E-state index in [2.05, 4.69) is 9.97 Å². The van der Waals surface area contributed by atoms with Crippen LogP contribution in [0.5, 0.6) is 0 Å². The summed E-state index contributed by atoms with van der Waals surface area (Å²) in [5, 5.41) is 0.684. The van der Waals surface area contributed by atoms with Crippen LogP contribution in [0.2, 0.25) is 0 Å². The van der Waals surface area contributed by atoms with E-state index < -0.39 is 11.2 Å². The topological polar surface area (TPSA) is 97.0 Å². The number of rotatable bonds is 7. The lowest BCUT2D eigenvalue weighted by atomic mass is 10.1. The maximum atomic E-state index is 14.2. The lowest BCUT2D eigenvalue weighted by Crippen LogP contribution is -2.40. The molecule has 3 rings (SSSR count). The van der Waals surface area contributed by atoms with Gasteiger partial charge in [-0.1, -0.05) is 33.8 Å². The van der Waals surface area contributed by atoms with E-state index in [0.29, 0.717) is 29.6 Å². The van der Waals surface area contributed by atoms with Gasteiger partial charge in [-0.25, -0.2) is 9.18 Å². The summed E-state index contributed by atoms with van der Waals surface area (Å²) >= 11 is 0. The second-order valence-corrected chi connectivity index (χ2v) is 8.41. The number of nitrogens with zero attached hydrogens (tertiary/aromatic N) is 3. The Morgan fingerprint density at radius 3 is 2.60 bits per heavy atom. The van der Waals surface area contributed by atoms with Gasteiger partial charge < -0.3 is 10.6 Å². The van der Waals surface area contributed by atoms with E-state index in [1.165, 1.54) is 16.7 Å². The Bertz CT molecular complexity index is 1170. The molecule has 3 N–H and O–H groups in total. The maximum Gasteiger partial charge on any atom is 0.330 e. The quantitative estimate of drug-likeness (QED) is 0.620. The molecule has 0 aliphatic carbocycles. The molecule has 0 radical (unpaired) electrons. The van der Waals surface area contributed by atoms with E-state index in [4.69, 9.17) is 5.73 Å². The van der Waals surface area contributed by atoms with Crippen molar-refractivity contribution >= 4 is 22.4 Å². The molecule has 0 saturated carbocycles. The third-order valence-corrected chi connectivity index (χ3v) is 4.77. The van der Waals surface area contributed by atoms with Crippen LogP contribution in [-0.2, 0) is 13.1 Å². The van der Waals surface area contributed by atoms with Gasteiger partial charge in [0, 0.05) is 36.8 Å². The average Bonchev–Trinajstić information content (AvgIpc) is 2.64. The Labute approximate surface area is 174 Å². The van der Waals surface area contributed by atoms with E-state index in [1.807, 2.05) is 27.7 Å². The number of nitrogens with two attached hydrogens (primary N) is 1. The fourth-order valence-electron chi connectivity index (χ4n) is 3.66. The van der Waals surface area contributed by atoms with E-state index in [-0.39, 0.29) is 35.7 Å². The number of nitrogen functional groups attached to an aromatic ring is 1. The van der Waals surface area contributed by atoms with Crippen molar-refractivity contribution in [3.05, 3.63) is 62.7 Å². The highest BCUT2D eigenvalue weighted by Crippen LogP contribution is 2.25. The van der Waals surface area contributed by atoms with E-state index in [0.717, 1.165) is 0 Å². The van der Waals surface area contributed by atoms with Crippen LogP contribution in [0, 0.1) is 17.7 Å². The molecule has 2 aromatic heterocycles. The molecule has 0 bridgehead atoms. The second-order valence-electron chi connectivity index (χ2n) is 8.41. The van der Waals surface area contributed by atoms with E-state index in [9.17, 15) is 14.0 Å². The Morgan fingerprint density at radius 1 is 1.20 bits per heavy atom. The van der Waals surface area contributed by atoms with Crippen LogP contribution in [0.3, 0.4) is 0 Å². The van der Waals surface area contributed by atoms with Crippen molar-refractivity contribution in [2.24, 2.45) is 11.8 Å². The number of pyridine rings is 1. The first-order chi connectivity index (χ1) is 14.2. The molecule has 0 aliphatic heterocycles. The first-order valence-corrected chi connectivity index (χ1v) is 10.1. The predicted molar refractivity (Wildman–Crippen MR) is 118 cm³/mol. The largest absolute Gasteiger partial charge is 0.383 e. The van der Waals surface area contributed by atoms with Gasteiger partial charge in [0.2, 0.25) is 0 Å². The molecule has 0 amide bonds. The molecule has 160 valence electrons. The summed E-state index contributed by atoms with van der Waals surface area (Å²) in [6.45, 7) is 9.08. The van der Waals surface area contributed by atoms with Crippen LogP contribution in [0.15, 0.2) is 40.1 Å². The Kier molecular flexibility index (Phi) is 6.24. The summed E-state index contributed by atoms with van der Waals surface area (Å²) in [5.74, 6) is 0.106. The van der Waals surface area contributed by atoms with Crippen LogP contribution >= 0.6 is 0 Å². The number of hydrogen-bond donors (Lipinski definition) is 2. The molecular formula is C22H28FN5O2. The third-order valence-electron chi connectivity index (χ3n) is 4.77. The molecule has 0 unspecified atom stereocenters. The SMILES string of the molecule is CC(C)CN(Cc1cc(F)cc2cccnc12)c1c(N)n(CC(C)C)c(=O)[nH]c1=O. The normalized spacial score (nSPS) is 11.6. The minimum absolute atomic E-state index is 0.117. The minimum Gasteiger partial charge on any atom is -0.383 e. The monoisotopic (exact) mass is 413 g/mol. The summed E-state index contributed by atoms with van der Waals surface area (Å²) in [7, 11) is 0. The molecule has 3 aromatic rings. The molecular weight excluding hydrogens is 385 g/mol. The van der Waals surface area contributed by atoms with Crippen LogP contribution in [0.1, 0.15) is 33.3 Å². The zero-order chi connectivity index (χ0) is 22.0. The van der Waals surface area contributed by atoms with Gasteiger partial charge in [0.1, 0.15) is 17.3 Å². The molecule has 1 aromatic carbocycles. The van der Waals surface area contributed by atoms with Crippen molar-refractivity contribution in [3.63, 3.8) is 0 Å². The number of aromatic nitrogens is 3. The standard InChI is InChI=1S/C22H28FN5O2/c1-13(2)10-27(12-16-9-17(23)8-15-6-5-7-25-18(15)16)19-20(24)28(11-14(3)4)22(30)26-21(19)29/h5-9,13-14H,10-12,24H2,1-4H3,(H,26,29,30). The van der Waals surface area contributed by atoms with Gasteiger partial charge in [-0.3, -0.25) is 19.3 Å². The van der Waals surface area contributed by atoms with Crippen LogP contribution in [0.4, 0.5) is 15.9 Å². The Morgan fingerprint density at radius 2 is 1.93 bits per heavy atom. The van der Waals surface area contributed by atoms with Gasteiger partial charge in [0.15, 0.2) is 0 Å². The Balaban J connectivity index is 2.15. The number of nitrogens with one attached hydrogen (secondary N) is 1. The maximum absolute atomic E-state index is 14.2. The molecule has 7 nitrogen and oxygen atoms in total. The highest BCUT2D eigenvalue weighted by molar-refractivity contribution is 5.82. The van der Waals surface area contributed by atoms with Crippen LogP contribution in [-0.4, -0.2) is 21.1 Å². The third kappa shape index (κ3) is 4.53. The highest BCUT2D eigenvalue weighted by Gasteiger charge is 2.21. The van der Waals surface area contributed by atoms with Gasteiger partial charge in [-0.15, -0.1) is 0 Å². The molecule has 0 atom stereocenters. The molecule has 0 fully saturated rings. The molecule has 8 heteroatoms. The van der Waals surface area contributed by atoms with Gasteiger partial charge in [-0.2, -0.15) is 0 Å². The summed E-state index contributed by atoms with van der Waals surface area (Å²) < 4.78 is 15.6. The predicted octanol–water partition coefficient (Wildman–Crippen LogP) is 3.12. The summed E-state index contributed by atoms with van der Waals surface area (Å²) in [6.07, 6.45) is 1.65. The summed E-state index contributed by atoms with van der Waals surface area (Å²) in [5.41, 5.74) is 6.77. The number of aromatic amines is 1.